The lowest BCUT2D eigenvalue weighted by Gasteiger charge is -2.02. The van der Waals surface area contributed by atoms with Gasteiger partial charge in [-0.15, -0.1) is 11.8 Å². The van der Waals surface area contributed by atoms with Crippen molar-refractivity contribution in [3.8, 4) is 0 Å². The molecular weight excluding hydrogens is 180 g/mol. The molecule has 13 heavy (non-hydrogen) atoms. The molecule has 1 rings (SSSR count). The van der Waals surface area contributed by atoms with E-state index in [1.54, 1.807) is 18.0 Å². The van der Waals surface area contributed by atoms with E-state index in [0.717, 1.165) is 5.69 Å². The highest BCUT2D eigenvalue weighted by molar-refractivity contribution is 8.02. The van der Waals surface area contributed by atoms with E-state index in [9.17, 15) is 0 Å². The van der Waals surface area contributed by atoms with E-state index in [1.807, 2.05) is 0 Å². The first kappa shape index (κ1) is 10.3. The molecule has 1 heterocycles. The third-order valence-corrected chi connectivity index (χ3v) is 2.82. The molecule has 70 valence electrons. The second-order valence-electron chi connectivity index (χ2n) is 3.00. The largest absolute Gasteiger partial charge is 0.158 e. The number of nitrogens with zero attached hydrogens (tertiary/aromatic N) is 2. The predicted molar refractivity (Wildman–Crippen MR) is 58.7 cm³/mol. The van der Waals surface area contributed by atoms with Crippen molar-refractivity contribution in [1.29, 1.82) is 0 Å². The van der Waals surface area contributed by atoms with Crippen molar-refractivity contribution in [3.05, 3.63) is 27.9 Å². The van der Waals surface area contributed by atoms with Crippen LogP contribution in [0.5, 0.6) is 0 Å². The van der Waals surface area contributed by atoms with Crippen molar-refractivity contribution in [3.63, 3.8) is 0 Å². The average Bonchev–Trinajstić information content (AvgIpc) is 2.13. The number of rotatable bonds is 2. The Hall–Kier alpha value is -0.830. The zero-order valence-electron chi connectivity index (χ0n) is 8.46. The summed E-state index contributed by atoms with van der Waals surface area (Å²) < 4.78 is 0. The van der Waals surface area contributed by atoms with Crippen LogP contribution in [0, 0.1) is 13.8 Å². The Kier molecular flexibility index (Phi) is 3.48. The lowest BCUT2D eigenvalue weighted by atomic mass is 10.1. The lowest BCUT2D eigenvalue weighted by molar-refractivity contribution is 0.980. The first-order valence-electron chi connectivity index (χ1n) is 4.16. The van der Waals surface area contributed by atoms with E-state index in [1.165, 1.54) is 16.0 Å². The minimum atomic E-state index is 0.979. The quantitative estimate of drug-likeness (QED) is 0.724. The van der Waals surface area contributed by atoms with Gasteiger partial charge in [0.05, 0.1) is 11.9 Å². The monoisotopic (exact) mass is 194 g/mol. The molecule has 0 unspecified atom stereocenters. The summed E-state index contributed by atoms with van der Waals surface area (Å²) in [6.07, 6.45) is 5.92. The van der Waals surface area contributed by atoms with Crippen LogP contribution in [0.2, 0.25) is 0 Å². The molecule has 2 nitrogen and oxygen atoms in total. The van der Waals surface area contributed by atoms with Crippen LogP contribution in [0.15, 0.2) is 11.1 Å². The third kappa shape index (κ3) is 2.56. The Morgan fingerprint density at radius 2 is 2.15 bits per heavy atom. The summed E-state index contributed by atoms with van der Waals surface area (Å²) in [4.78, 5) is 1.25. The van der Waals surface area contributed by atoms with Gasteiger partial charge in [0.2, 0.25) is 0 Å². The van der Waals surface area contributed by atoms with E-state index in [2.05, 4.69) is 43.3 Å². The van der Waals surface area contributed by atoms with Crippen molar-refractivity contribution in [2.75, 3.05) is 6.26 Å². The maximum absolute atomic E-state index is 4.09. The zero-order chi connectivity index (χ0) is 9.84. The number of allylic oxidation sites excluding steroid dienone is 1. The normalized spacial score (nSPS) is 11.8. The van der Waals surface area contributed by atoms with E-state index in [-0.39, 0.29) is 0 Å². The summed E-state index contributed by atoms with van der Waals surface area (Å²) in [5.74, 6) is 0. The fourth-order valence-corrected chi connectivity index (χ4v) is 1.17. The molecule has 0 radical (unpaired) electrons. The topological polar surface area (TPSA) is 25.8 Å². The highest BCUT2D eigenvalue weighted by atomic mass is 32.2. The summed E-state index contributed by atoms with van der Waals surface area (Å²) in [6, 6.07) is 0. The first-order chi connectivity index (χ1) is 6.15. The molecule has 0 aromatic carbocycles. The van der Waals surface area contributed by atoms with Gasteiger partial charge in [0.15, 0.2) is 0 Å². The molecule has 3 heteroatoms. The minimum Gasteiger partial charge on any atom is -0.158 e. The molecule has 0 saturated carbocycles. The molecule has 0 spiro atoms. The Morgan fingerprint density at radius 3 is 2.77 bits per heavy atom. The molecule has 0 aliphatic carbocycles. The predicted octanol–water partition coefficient (Wildman–Crippen LogP) is 2.82. The number of aromatic nitrogens is 2. The number of hydrogen-bond donors (Lipinski definition) is 0. The summed E-state index contributed by atoms with van der Waals surface area (Å²) in [7, 11) is 0. The van der Waals surface area contributed by atoms with E-state index in [0.29, 0.717) is 0 Å². The Labute approximate surface area is 83.5 Å². The third-order valence-electron chi connectivity index (χ3n) is 2.05. The Balaban J connectivity index is 3.09. The summed E-state index contributed by atoms with van der Waals surface area (Å²) >= 11 is 1.73. The van der Waals surface area contributed by atoms with Gasteiger partial charge in [0.1, 0.15) is 0 Å². The van der Waals surface area contributed by atoms with Gasteiger partial charge in [-0.1, -0.05) is 0 Å². The van der Waals surface area contributed by atoms with Crippen LogP contribution < -0.4 is 0 Å². The molecule has 1 aromatic rings. The van der Waals surface area contributed by atoms with Crippen LogP contribution in [0.1, 0.15) is 23.7 Å². The molecular formula is C10H14N2S. The smallest absolute Gasteiger partial charge is 0.0896 e. The maximum Gasteiger partial charge on any atom is 0.0896 e. The summed E-state index contributed by atoms with van der Waals surface area (Å²) in [6.45, 7) is 6.20. The van der Waals surface area contributed by atoms with Crippen LogP contribution >= 0.6 is 11.8 Å². The highest BCUT2D eigenvalue weighted by Crippen LogP contribution is 2.17. The van der Waals surface area contributed by atoms with Crippen LogP contribution in [0.4, 0.5) is 0 Å². The van der Waals surface area contributed by atoms with Crippen molar-refractivity contribution in [2.24, 2.45) is 0 Å². The van der Waals surface area contributed by atoms with Crippen molar-refractivity contribution < 1.29 is 0 Å². The van der Waals surface area contributed by atoms with Crippen molar-refractivity contribution in [1.82, 2.24) is 10.2 Å². The number of aryl methyl sites for hydroxylation is 1. The van der Waals surface area contributed by atoms with E-state index < -0.39 is 0 Å². The molecule has 0 atom stereocenters. The zero-order valence-corrected chi connectivity index (χ0v) is 9.27. The SMILES string of the molecule is CSC(C)=Cc1nncc(C)c1C. The van der Waals surface area contributed by atoms with E-state index >= 15 is 0 Å². The highest BCUT2D eigenvalue weighted by Gasteiger charge is 2.00. The molecule has 0 fully saturated rings. The number of hydrogen-bond acceptors (Lipinski definition) is 3. The van der Waals surface area contributed by atoms with Crippen LogP contribution in [-0.2, 0) is 0 Å². The molecule has 0 saturated heterocycles. The van der Waals surface area contributed by atoms with Gasteiger partial charge in [-0.25, -0.2) is 0 Å². The van der Waals surface area contributed by atoms with Gasteiger partial charge >= 0.3 is 0 Å². The van der Waals surface area contributed by atoms with Crippen LogP contribution in [0.3, 0.4) is 0 Å². The van der Waals surface area contributed by atoms with E-state index in [4.69, 9.17) is 0 Å². The molecule has 0 aliphatic rings. The van der Waals surface area contributed by atoms with Crippen LogP contribution in [-0.4, -0.2) is 16.5 Å². The Morgan fingerprint density at radius 1 is 1.46 bits per heavy atom. The molecule has 0 N–H and O–H groups in total. The molecule has 0 aliphatic heterocycles. The molecule has 0 bridgehead atoms. The number of thioether (sulfide) groups is 1. The minimum absolute atomic E-state index is 0.979. The van der Waals surface area contributed by atoms with Gasteiger partial charge in [-0.05, 0) is 49.1 Å². The average molecular weight is 194 g/mol. The standard InChI is InChI=1S/C10H14N2S/c1-7-6-11-12-10(9(7)3)5-8(2)13-4/h5-6H,1-4H3. The lowest BCUT2D eigenvalue weighted by Crippen LogP contribution is -1.93. The van der Waals surface area contributed by atoms with Crippen molar-refractivity contribution >= 4 is 17.8 Å². The van der Waals surface area contributed by atoms with Gasteiger partial charge in [-0.2, -0.15) is 10.2 Å². The molecule has 0 amide bonds. The second-order valence-corrected chi connectivity index (χ2v) is 4.05. The maximum atomic E-state index is 4.09. The molecule has 1 aromatic heterocycles. The van der Waals surface area contributed by atoms with Gasteiger partial charge in [0.25, 0.3) is 0 Å². The fourth-order valence-electron chi connectivity index (χ4n) is 0.940. The van der Waals surface area contributed by atoms with Gasteiger partial charge < -0.3 is 0 Å². The summed E-state index contributed by atoms with van der Waals surface area (Å²) in [5, 5.41) is 8.02. The van der Waals surface area contributed by atoms with Gasteiger partial charge in [-0.3, -0.25) is 0 Å². The van der Waals surface area contributed by atoms with Crippen LogP contribution in [0.25, 0.3) is 6.08 Å². The van der Waals surface area contributed by atoms with Crippen molar-refractivity contribution in [2.45, 2.75) is 20.8 Å². The second kappa shape index (κ2) is 4.42. The van der Waals surface area contributed by atoms with Gasteiger partial charge in [0, 0.05) is 0 Å². The Bertz CT molecular complexity index is 332. The fraction of sp³-hybridized carbons (Fsp3) is 0.400. The summed E-state index contributed by atoms with van der Waals surface area (Å²) in [5.41, 5.74) is 3.38. The first-order valence-corrected chi connectivity index (χ1v) is 5.38.